The van der Waals surface area contributed by atoms with Gasteiger partial charge in [-0.1, -0.05) is 97.4 Å². The summed E-state index contributed by atoms with van der Waals surface area (Å²) in [5.74, 6) is 0.517. The predicted octanol–water partition coefficient (Wildman–Crippen LogP) is 4.53. The highest BCUT2D eigenvalue weighted by atomic mass is 17.1. The number of hydrogen-bond donors (Lipinski definition) is 2. The molecule has 3 unspecified atom stereocenters. The quantitative estimate of drug-likeness (QED) is 0.314. The molecule has 1 fully saturated rings. The van der Waals surface area contributed by atoms with Crippen molar-refractivity contribution in [3.05, 3.63) is 108 Å². The van der Waals surface area contributed by atoms with Gasteiger partial charge < -0.3 is 10.0 Å². The molecule has 3 aromatic carbocycles. The Hall–Kier alpha value is -3.65. The maximum atomic E-state index is 13.6. The Bertz CT molecular complexity index is 1230. The van der Waals surface area contributed by atoms with Gasteiger partial charge in [-0.05, 0) is 19.3 Å². The first kappa shape index (κ1) is 23.1. The molecular weight excluding hydrogens is 442 g/mol. The summed E-state index contributed by atoms with van der Waals surface area (Å²) in [6, 6.07) is 27.0. The van der Waals surface area contributed by atoms with E-state index in [9.17, 15) is 15.2 Å². The van der Waals surface area contributed by atoms with Crippen LogP contribution in [-0.4, -0.2) is 50.7 Å². The lowest BCUT2D eigenvalue weighted by molar-refractivity contribution is -0.309. The van der Waals surface area contributed by atoms with Crippen LogP contribution in [0.3, 0.4) is 0 Å². The summed E-state index contributed by atoms with van der Waals surface area (Å²) in [5.41, 5.74) is 0.262. The van der Waals surface area contributed by atoms with Crippen molar-refractivity contribution in [2.45, 2.75) is 43.7 Å². The minimum atomic E-state index is -1.70. The van der Waals surface area contributed by atoms with Crippen molar-refractivity contribution in [2.24, 2.45) is 9.98 Å². The van der Waals surface area contributed by atoms with Gasteiger partial charge in [-0.2, -0.15) is 4.89 Å². The van der Waals surface area contributed by atoms with E-state index in [0.717, 1.165) is 17.5 Å². The number of aliphatic imine (C=N–C) groups is 2. The van der Waals surface area contributed by atoms with Crippen LogP contribution < -0.4 is 0 Å². The third kappa shape index (κ3) is 4.41. The zero-order valence-corrected chi connectivity index (χ0v) is 19.2. The topological polar surface area (TPSA) is 94.7 Å². The smallest absolute Gasteiger partial charge is 0.262 e. The Morgan fingerprint density at radius 3 is 2.11 bits per heavy atom. The van der Waals surface area contributed by atoms with Crippen LogP contribution in [0.4, 0.5) is 0 Å². The van der Waals surface area contributed by atoms with Gasteiger partial charge in [0.25, 0.3) is 6.35 Å². The molecule has 0 bridgehead atoms. The Morgan fingerprint density at radius 2 is 1.49 bits per heavy atom. The van der Waals surface area contributed by atoms with Crippen LogP contribution in [0.25, 0.3) is 0 Å². The maximum absolute atomic E-state index is 13.6. The van der Waals surface area contributed by atoms with Gasteiger partial charge in [0.2, 0.25) is 0 Å². The first-order valence-electron chi connectivity index (χ1n) is 11.8. The van der Waals surface area contributed by atoms with Crippen LogP contribution in [0, 0.1) is 0 Å². The lowest BCUT2D eigenvalue weighted by Gasteiger charge is -2.47. The highest BCUT2D eigenvalue weighted by Gasteiger charge is 2.51. The zero-order chi connectivity index (χ0) is 24.3. The molecule has 0 aromatic heterocycles. The molecule has 5 rings (SSSR count). The largest absolute Gasteiger partial charge is 0.379 e. The van der Waals surface area contributed by atoms with Crippen molar-refractivity contribution < 1.29 is 20.0 Å². The number of benzene rings is 3. The van der Waals surface area contributed by atoms with E-state index in [1.54, 1.807) is 29.2 Å². The van der Waals surface area contributed by atoms with E-state index in [1.165, 1.54) is 0 Å². The average molecular weight is 470 g/mol. The van der Waals surface area contributed by atoms with Gasteiger partial charge >= 0.3 is 0 Å². The summed E-state index contributed by atoms with van der Waals surface area (Å²) in [7, 11) is 0. The normalized spacial score (nSPS) is 24.5. The molecule has 3 atom stereocenters. The molecule has 1 heterocycles. The van der Waals surface area contributed by atoms with Crippen LogP contribution in [-0.2, 0) is 4.89 Å². The fourth-order valence-electron chi connectivity index (χ4n) is 4.97. The van der Waals surface area contributed by atoms with Crippen molar-refractivity contribution >= 4 is 17.5 Å². The van der Waals surface area contributed by atoms with E-state index in [1.807, 2.05) is 66.7 Å². The van der Waals surface area contributed by atoms with Crippen molar-refractivity contribution in [3.8, 4) is 0 Å². The summed E-state index contributed by atoms with van der Waals surface area (Å²) in [5, 5.41) is 21.9. The van der Waals surface area contributed by atoms with E-state index in [-0.39, 0.29) is 12.2 Å². The molecule has 1 aliphatic carbocycles. The number of nitrogens with zero attached hydrogens (tertiary/aromatic N) is 3. The van der Waals surface area contributed by atoms with E-state index in [2.05, 4.69) is 4.99 Å². The Labute approximate surface area is 204 Å². The first-order chi connectivity index (χ1) is 17.1. The molecule has 0 spiro atoms. The number of carbonyl (C=O) groups is 1. The lowest BCUT2D eigenvalue weighted by atomic mass is 9.74. The van der Waals surface area contributed by atoms with E-state index in [0.29, 0.717) is 30.1 Å². The molecule has 0 radical (unpaired) electrons. The van der Waals surface area contributed by atoms with Gasteiger partial charge in [-0.15, -0.1) is 0 Å². The Kier molecular flexibility index (Phi) is 6.55. The number of rotatable bonds is 6. The Morgan fingerprint density at radius 1 is 0.886 bits per heavy atom. The molecule has 0 saturated heterocycles. The highest BCUT2D eigenvalue weighted by Crippen LogP contribution is 2.38. The van der Waals surface area contributed by atoms with Gasteiger partial charge in [-0.3, -0.25) is 4.79 Å². The van der Waals surface area contributed by atoms with Crippen LogP contribution in [0.2, 0.25) is 0 Å². The second kappa shape index (κ2) is 9.92. The molecule has 1 saturated carbocycles. The number of ketones is 1. The van der Waals surface area contributed by atoms with Crippen molar-refractivity contribution in [2.75, 3.05) is 0 Å². The van der Waals surface area contributed by atoms with Crippen molar-refractivity contribution in [3.63, 3.8) is 0 Å². The van der Waals surface area contributed by atoms with Gasteiger partial charge in [0.05, 0.1) is 6.04 Å². The zero-order valence-electron chi connectivity index (χ0n) is 19.2. The van der Waals surface area contributed by atoms with Gasteiger partial charge in [0.15, 0.2) is 11.6 Å². The Balaban J connectivity index is 1.62. The number of hydrogen-bond acceptors (Lipinski definition) is 7. The third-order valence-electron chi connectivity index (χ3n) is 6.69. The van der Waals surface area contributed by atoms with E-state index >= 15 is 0 Å². The number of aliphatic hydroxyl groups is 1. The van der Waals surface area contributed by atoms with E-state index in [4.69, 9.17) is 9.88 Å². The van der Waals surface area contributed by atoms with Crippen LogP contribution in [0.15, 0.2) is 101 Å². The summed E-state index contributed by atoms with van der Waals surface area (Å²) in [6.07, 6.45) is 1.13. The molecular formula is C28H27N3O4. The summed E-state index contributed by atoms with van der Waals surface area (Å²) in [4.78, 5) is 29.6. The van der Waals surface area contributed by atoms with Gasteiger partial charge in [0.1, 0.15) is 11.4 Å². The molecule has 178 valence electrons. The minimum Gasteiger partial charge on any atom is -0.379 e. The molecule has 7 heteroatoms. The molecule has 35 heavy (non-hydrogen) atoms. The fourth-order valence-corrected chi connectivity index (χ4v) is 4.97. The molecule has 2 N–H and O–H groups in total. The monoisotopic (exact) mass is 469 g/mol. The average Bonchev–Trinajstić information content (AvgIpc) is 2.93. The third-order valence-corrected chi connectivity index (χ3v) is 6.69. The van der Waals surface area contributed by atoms with Gasteiger partial charge in [0, 0.05) is 16.7 Å². The minimum absolute atomic E-state index is 0.289. The molecule has 7 nitrogen and oxygen atoms in total. The maximum Gasteiger partial charge on any atom is 0.262 e. The molecule has 1 aliphatic heterocycles. The van der Waals surface area contributed by atoms with Gasteiger partial charge in [-0.25, -0.2) is 15.2 Å². The summed E-state index contributed by atoms with van der Waals surface area (Å²) >= 11 is 0. The fraction of sp³-hybridized carbons (Fsp3) is 0.250. The standard InChI is InChI=1S/C28H27N3O4/c32-24(20-12-4-1-5-13-20)28(33)19-11-10-18-23(28)31-26(22-16-8-3-9-17-22)29-25(30-27(31)35-34)21-14-6-2-7-15-21/h1-9,12-17,23,27,33-34H,10-11,18-19H2. The van der Waals surface area contributed by atoms with Crippen molar-refractivity contribution in [1.29, 1.82) is 0 Å². The van der Waals surface area contributed by atoms with Crippen LogP contribution >= 0.6 is 0 Å². The van der Waals surface area contributed by atoms with E-state index < -0.39 is 18.0 Å². The van der Waals surface area contributed by atoms with Crippen LogP contribution in [0.1, 0.15) is 47.2 Å². The highest BCUT2D eigenvalue weighted by molar-refractivity contribution is 6.13. The summed E-state index contributed by atoms with van der Waals surface area (Å²) < 4.78 is 0. The molecule has 0 amide bonds. The second-order valence-corrected chi connectivity index (χ2v) is 8.84. The first-order valence-corrected chi connectivity index (χ1v) is 11.8. The predicted molar refractivity (Wildman–Crippen MR) is 133 cm³/mol. The van der Waals surface area contributed by atoms with Crippen LogP contribution in [0.5, 0.6) is 0 Å². The number of Topliss-reactive ketones (excluding diaryl/α,β-unsaturated/α-hetero) is 1. The van der Waals surface area contributed by atoms with Crippen molar-refractivity contribution in [1.82, 2.24) is 4.90 Å². The number of amidine groups is 2. The molecule has 2 aliphatic rings. The second-order valence-electron chi connectivity index (χ2n) is 8.84. The SMILES string of the molecule is O=C(c1ccccc1)C1(O)CCCCC1N1C(c2ccccc2)=NC(c2ccccc2)=NC1OO. The molecule has 3 aromatic rings. The summed E-state index contributed by atoms with van der Waals surface area (Å²) in [6.45, 7) is 0. The number of carbonyl (C=O) groups excluding carboxylic acids is 1. The lowest BCUT2D eigenvalue weighted by Crippen LogP contribution is -2.63.